The van der Waals surface area contributed by atoms with Gasteiger partial charge in [-0.05, 0) is 115 Å². The van der Waals surface area contributed by atoms with Gasteiger partial charge < -0.3 is 50.3 Å². The number of thiazole rings is 1. The fraction of sp³-hybridized carbons (Fsp3) is 0.371. The quantitative estimate of drug-likeness (QED) is 0.0447. The van der Waals surface area contributed by atoms with E-state index in [4.69, 9.17) is 31.2 Å². The van der Waals surface area contributed by atoms with Gasteiger partial charge in [0.1, 0.15) is 39.4 Å². The Bertz CT molecular complexity index is 4140. The molecule has 26 heteroatoms. The third kappa shape index (κ3) is 17.7. The molecule has 12 rings (SSSR count). The minimum atomic E-state index is -1.25. The van der Waals surface area contributed by atoms with Crippen molar-refractivity contribution < 1.29 is 42.4 Å². The van der Waals surface area contributed by atoms with Gasteiger partial charge in [0, 0.05) is 116 Å². The second-order valence-electron chi connectivity index (χ2n) is 24.3. The predicted molar refractivity (Wildman–Crippen MR) is 379 cm³/mol. The van der Waals surface area contributed by atoms with Crippen molar-refractivity contribution in [3.63, 3.8) is 0 Å². The van der Waals surface area contributed by atoms with E-state index < -0.39 is 34.6 Å². The van der Waals surface area contributed by atoms with Crippen LogP contribution < -0.4 is 35.2 Å². The highest BCUT2D eigenvalue weighted by atomic mass is 127. The van der Waals surface area contributed by atoms with Gasteiger partial charge in [-0.3, -0.25) is 24.2 Å². The van der Waals surface area contributed by atoms with Gasteiger partial charge in [0.05, 0.1) is 108 Å². The van der Waals surface area contributed by atoms with Gasteiger partial charge in [-0.15, -0.1) is 11.3 Å². The lowest BCUT2D eigenvalue weighted by Gasteiger charge is -2.51. The maximum absolute atomic E-state index is 14.6. The molecule has 5 aromatic carbocycles. The van der Waals surface area contributed by atoms with Crippen molar-refractivity contribution in [2.75, 3.05) is 100 Å². The number of fused-ring (bicyclic) bond motifs is 1. The molecule has 6 heterocycles. The largest absolute Gasteiger partial charge is 0.497 e. The van der Waals surface area contributed by atoms with E-state index in [1.165, 1.54) is 34.4 Å². The number of ether oxygens (including phenoxy) is 2. The Balaban J connectivity index is 0.000000157. The number of aromatic nitrogens is 7. The number of aliphatic hydroxyl groups is 2. The molecule has 1 saturated carbocycles. The minimum absolute atomic E-state index is 0.0590. The first kappa shape index (κ1) is 70.7. The summed E-state index contributed by atoms with van der Waals surface area (Å²) < 4.78 is 56.1. The van der Waals surface area contributed by atoms with Gasteiger partial charge in [-0.2, -0.15) is 5.10 Å². The average molecular weight is 1460 g/mol. The van der Waals surface area contributed by atoms with E-state index in [1.807, 2.05) is 92.1 Å². The molecule has 0 unspecified atom stereocenters. The molecular formula is C70H79ClF3IN14O6S. The Morgan fingerprint density at radius 1 is 0.833 bits per heavy atom. The lowest BCUT2D eigenvalue weighted by atomic mass is 9.72. The van der Waals surface area contributed by atoms with E-state index in [2.05, 4.69) is 81.7 Å². The zero-order valence-electron chi connectivity index (χ0n) is 54.7. The molecule has 0 atom stereocenters. The molecule has 506 valence electrons. The maximum Gasteiger partial charge on any atom is 0.267 e. The van der Waals surface area contributed by atoms with Gasteiger partial charge in [-0.1, -0.05) is 56.8 Å². The van der Waals surface area contributed by atoms with E-state index >= 15 is 0 Å². The molecule has 2 amide bonds. The number of carbonyl (C=O) groups is 2. The summed E-state index contributed by atoms with van der Waals surface area (Å²) in [5, 5.41) is 34.5. The Hall–Kier alpha value is -8.05. The van der Waals surface area contributed by atoms with Crippen LogP contribution >= 0.6 is 45.5 Å². The van der Waals surface area contributed by atoms with Gasteiger partial charge in [0.25, 0.3) is 11.8 Å². The molecule has 0 spiro atoms. The summed E-state index contributed by atoms with van der Waals surface area (Å²) in [6.07, 6.45) is 12.8. The normalized spacial score (nSPS) is 14.7. The molecule has 9 aromatic rings. The number of benzene rings is 5. The summed E-state index contributed by atoms with van der Waals surface area (Å²) in [5.74, 6) is -0.523. The molecule has 4 aromatic heterocycles. The number of aryl methyl sites for hydroxylation is 3. The van der Waals surface area contributed by atoms with E-state index in [0.717, 1.165) is 145 Å². The number of nitrogens with zero attached hydrogens (tertiary/aromatic N) is 11. The van der Waals surface area contributed by atoms with Gasteiger partial charge >= 0.3 is 0 Å². The number of amides is 2. The second kappa shape index (κ2) is 32.3. The zero-order valence-corrected chi connectivity index (χ0v) is 58.4. The van der Waals surface area contributed by atoms with Crippen LogP contribution in [0.5, 0.6) is 11.5 Å². The zero-order chi connectivity index (χ0) is 68.2. The highest BCUT2D eigenvalue weighted by Crippen LogP contribution is 2.41. The van der Waals surface area contributed by atoms with Gasteiger partial charge in [-0.25, -0.2) is 33.1 Å². The third-order valence-electron chi connectivity index (χ3n) is 17.0. The summed E-state index contributed by atoms with van der Waals surface area (Å²) >= 11 is 9.52. The summed E-state index contributed by atoms with van der Waals surface area (Å²) in [5.41, 5.74) is 6.30. The predicted octanol–water partition coefficient (Wildman–Crippen LogP) is 12.6. The van der Waals surface area contributed by atoms with Crippen molar-refractivity contribution in [1.82, 2.24) is 49.8 Å². The number of nitrogens with one attached hydrogen (secondary N) is 3. The molecule has 1 aliphatic carbocycles. The fourth-order valence-corrected chi connectivity index (χ4v) is 13.5. The van der Waals surface area contributed by atoms with E-state index in [1.54, 1.807) is 49.6 Å². The third-order valence-corrected chi connectivity index (χ3v) is 19.0. The summed E-state index contributed by atoms with van der Waals surface area (Å²) in [6.45, 7) is 14.4. The number of halogens is 5. The lowest BCUT2D eigenvalue weighted by molar-refractivity contribution is -0.127. The molecule has 3 fully saturated rings. The van der Waals surface area contributed by atoms with E-state index in [9.17, 15) is 27.9 Å². The van der Waals surface area contributed by atoms with Crippen LogP contribution in [0.25, 0.3) is 22.3 Å². The molecule has 0 bridgehead atoms. The number of hydrogen-bond acceptors (Lipinski definition) is 18. The van der Waals surface area contributed by atoms with Crippen LogP contribution in [0.3, 0.4) is 0 Å². The fourth-order valence-electron chi connectivity index (χ4n) is 11.9. The van der Waals surface area contributed by atoms with Crippen LogP contribution in [-0.2, 0) is 13.5 Å². The Morgan fingerprint density at radius 3 is 2.26 bits per heavy atom. The molecule has 20 nitrogen and oxygen atoms in total. The topological polar surface area (TPSA) is 224 Å². The van der Waals surface area contributed by atoms with Crippen LogP contribution in [0.1, 0.15) is 88.1 Å². The van der Waals surface area contributed by atoms with Crippen LogP contribution in [0.4, 0.5) is 47.4 Å². The van der Waals surface area contributed by atoms with Crippen molar-refractivity contribution in [3.8, 4) is 22.8 Å². The molecular weight excluding hydrogens is 1380 g/mol. The van der Waals surface area contributed by atoms with Crippen LogP contribution in [0.2, 0.25) is 5.02 Å². The number of carbonyl (C=O) groups excluding carboxylic acids is 2. The van der Waals surface area contributed by atoms with Crippen molar-refractivity contribution in [2.45, 2.75) is 77.9 Å². The number of anilines is 6. The standard InChI is InChI=1S/C25H30N6O2.C23H27ClN6O2S.C22H22F3IN2O2/c1-17(2)26-8-9-31(20-10-21(32-4)13-22(11-20)33-5)19-6-7-23-24(12-19)29-25(15-27-23)18-14-28-30(3)16-18;1-15-4-3-5-18(24)22(15)28-23(32)19-14-25-21(33-19)13-17-12-20(27-16(2)26-17)30-8-6-29(7-9-30)10-11-31;23-16-8-7-15(20(19(16)25)27-18-9-6-14(26)10-17(18)24)21(29)28-11-22(30,12-28)13-4-2-1-3-5-13/h6-7,10-17,26H,8-9H2,1-5H3;3-5,12,14,31H,6-11,13H2,1-2H3,(H,28,32);6-10,13,27,30H,1-5,11-12H2. The SMILES string of the molecule is COc1cc(OC)cc(N(CCNC(C)C)c2ccc3ncc(-c4cnn(C)c4)nc3c2)c1.Cc1nc(Cc2ncc(C(=O)Nc3c(C)cccc3Cl)s2)cc(N2CCN(CCO)CC2)n1.O=C(c1ccc(F)c(F)c1Nc1ccc(I)cc1F)N1CC(O)(C2CCCCC2)C1. The number of aliphatic hydroxyl groups excluding tert-OH is 1. The lowest BCUT2D eigenvalue weighted by Crippen LogP contribution is -2.67. The molecule has 2 saturated heterocycles. The van der Waals surface area contributed by atoms with Crippen molar-refractivity contribution in [2.24, 2.45) is 13.0 Å². The minimum Gasteiger partial charge on any atom is -0.497 e. The van der Waals surface area contributed by atoms with Gasteiger partial charge in [0.15, 0.2) is 11.6 Å². The summed E-state index contributed by atoms with van der Waals surface area (Å²) in [7, 11) is 5.21. The smallest absolute Gasteiger partial charge is 0.267 e. The van der Waals surface area contributed by atoms with Crippen molar-refractivity contribution in [3.05, 3.63) is 174 Å². The van der Waals surface area contributed by atoms with Crippen LogP contribution in [0, 0.1) is 40.8 Å². The molecule has 3 aliphatic rings. The highest BCUT2D eigenvalue weighted by molar-refractivity contribution is 14.1. The average Bonchev–Trinajstić information content (AvgIpc) is 0.867. The van der Waals surface area contributed by atoms with Crippen molar-refractivity contribution >= 4 is 103 Å². The first-order valence-corrected chi connectivity index (χ1v) is 34.1. The Labute approximate surface area is 579 Å². The van der Waals surface area contributed by atoms with Gasteiger partial charge in [0.2, 0.25) is 0 Å². The number of para-hydroxylation sites is 1. The first-order valence-electron chi connectivity index (χ1n) is 31.8. The molecule has 2 aliphatic heterocycles. The first-order chi connectivity index (χ1) is 46.2. The van der Waals surface area contributed by atoms with E-state index in [0.29, 0.717) is 44.0 Å². The maximum atomic E-state index is 14.6. The molecule has 0 radical (unpaired) electrons. The Kier molecular flexibility index (Phi) is 23.8. The highest BCUT2D eigenvalue weighted by Gasteiger charge is 2.49. The summed E-state index contributed by atoms with van der Waals surface area (Å²) in [4.78, 5) is 57.5. The monoisotopic (exact) mass is 1460 g/mol. The Morgan fingerprint density at radius 2 is 1.58 bits per heavy atom. The second-order valence-corrected chi connectivity index (χ2v) is 27.1. The number of hydrogen-bond donors (Lipinski definition) is 5. The number of likely N-dealkylation sites (tertiary alicyclic amines) is 1. The summed E-state index contributed by atoms with van der Waals surface area (Å²) in [6, 6.07) is 26.3. The number of methoxy groups -OCH3 is 2. The number of β-amino-alcohol motifs (C(OH)–C–C–N with tert-alkyl or cyclic N) is 2. The number of rotatable bonds is 20. The number of piperazine rings is 1. The van der Waals surface area contributed by atoms with Crippen LogP contribution in [0.15, 0.2) is 116 Å². The molecule has 5 N–H and O–H groups in total. The van der Waals surface area contributed by atoms with E-state index in [-0.39, 0.29) is 42.8 Å². The van der Waals surface area contributed by atoms with Crippen molar-refractivity contribution in [1.29, 1.82) is 0 Å². The van der Waals surface area contributed by atoms with Crippen LogP contribution in [-0.4, -0.2) is 158 Å². The molecule has 96 heavy (non-hydrogen) atoms.